The van der Waals surface area contributed by atoms with Crippen molar-refractivity contribution in [3.8, 4) is 28.2 Å². The number of nitrogens with one attached hydrogen (secondary N) is 1. The van der Waals surface area contributed by atoms with Crippen LogP contribution in [0.15, 0.2) is 96.8 Å². The van der Waals surface area contributed by atoms with Crippen LogP contribution in [-0.4, -0.2) is 25.1 Å². The van der Waals surface area contributed by atoms with Crippen LogP contribution in [0.4, 0.5) is 5.69 Å². The Kier molecular flexibility index (Phi) is 5.64. The van der Waals surface area contributed by atoms with E-state index in [1.807, 2.05) is 95.8 Å². The van der Waals surface area contributed by atoms with Crippen molar-refractivity contribution in [1.29, 1.82) is 0 Å². The Morgan fingerprint density at radius 3 is 2.44 bits per heavy atom. The van der Waals surface area contributed by atoms with E-state index in [0.29, 0.717) is 27.7 Å². The second-order valence-electron chi connectivity index (χ2n) is 8.40. The maximum absolute atomic E-state index is 13.4. The van der Waals surface area contributed by atoms with E-state index in [-0.39, 0.29) is 5.91 Å². The van der Waals surface area contributed by atoms with Gasteiger partial charge in [0.05, 0.1) is 22.0 Å². The molecule has 0 atom stereocenters. The third kappa shape index (κ3) is 4.19. The van der Waals surface area contributed by atoms with Gasteiger partial charge in [0.1, 0.15) is 5.69 Å². The van der Waals surface area contributed by atoms with Crippen molar-refractivity contribution in [2.24, 2.45) is 0 Å². The predicted octanol–water partition coefficient (Wildman–Crippen LogP) is 7.13. The minimum Gasteiger partial charge on any atom is -0.322 e. The summed E-state index contributed by atoms with van der Waals surface area (Å²) >= 11 is 8.01. The normalized spacial score (nSPS) is 11.2. The van der Waals surface area contributed by atoms with Crippen LogP contribution in [0.3, 0.4) is 0 Å². The van der Waals surface area contributed by atoms with Gasteiger partial charge >= 0.3 is 0 Å². The van der Waals surface area contributed by atoms with Crippen LogP contribution in [-0.2, 0) is 0 Å². The molecule has 0 unspecified atom stereocenters. The molecule has 0 saturated heterocycles. The minimum atomic E-state index is -0.251. The highest BCUT2D eigenvalue weighted by molar-refractivity contribution is 7.15. The van der Waals surface area contributed by atoms with Crippen molar-refractivity contribution < 1.29 is 4.79 Å². The summed E-state index contributed by atoms with van der Waals surface area (Å²) in [5, 5.41) is 10.3. The fourth-order valence-electron chi connectivity index (χ4n) is 4.01. The molecule has 1 N–H and O–H groups in total. The number of imidazole rings is 1. The first-order valence-corrected chi connectivity index (χ1v) is 12.6. The van der Waals surface area contributed by atoms with Crippen LogP contribution in [0.2, 0.25) is 5.02 Å². The van der Waals surface area contributed by atoms with Crippen molar-refractivity contribution in [3.63, 3.8) is 0 Å². The number of halogens is 1. The highest BCUT2D eigenvalue weighted by Crippen LogP contribution is 2.28. The van der Waals surface area contributed by atoms with Crippen LogP contribution in [0, 0.1) is 6.92 Å². The van der Waals surface area contributed by atoms with Gasteiger partial charge in [0, 0.05) is 40.8 Å². The molecule has 3 aromatic heterocycles. The second kappa shape index (κ2) is 9.11. The summed E-state index contributed by atoms with van der Waals surface area (Å²) in [5.41, 5.74) is 6.29. The molecule has 176 valence electrons. The van der Waals surface area contributed by atoms with Crippen LogP contribution in [0.5, 0.6) is 0 Å². The monoisotopic (exact) mass is 509 g/mol. The Labute approximate surface area is 216 Å². The summed E-state index contributed by atoms with van der Waals surface area (Å²) < 4.78 is 3.65. The zero-order valence-corrected chi connectivity index (χ0v) is 20.8. The molecule has 0 bridgehead atoms. The molecule has 6 rings (SSSR count). The van der Waals surface area contributed by atoms with Crippen molar-refractivity contribution in [3.05, 3.63) is 113 Å². The summed E-state index contributed by atoms with van der Waals surface area (Å²) in [6.07, 6.45) is 5.70. The van der Waals surface area contributed by atoms with E-state index in [4.69, 9.17) is 16.7 Å². The largest absolute Gasteiger partial charge is 0.322 e. The average Bonchev–Trinajstić information content (AvgIpc) is 3.61. The van der Waals surface area contributed by atoms with E-state index in [1.165, 1.54) is 0 Å². The Balaban J connectivity index is 1.32. The van der Waals surface area contributed by atoms with Gasteiger partial charge in [-0.3, -0.25) is 9.20 Å². The van der Waals surface area contributed by atoms with E-state index >= 15 is 0 Å². The van der Waals surface area contributed by atoms with Gasteiger partial charge < -0.3 is 5.32 Å². The molecule has 0 saturated carbocycles. The zero-order chi connectivity index (χ0) is 24.6. The van der Waals surface area contributed by atoms with Gasteiger partial charge in [0.15, 0.2) is 4.96 Å². The fourth-order valence-corrected chi connectivity index (χ4v) is 4.94. The van der Waals surface area contributed by atoms with Crippen molar-refractivity contribution >= 4 is 39.5 Å². The first-order valence-electron chi connectivity index (χ1n) is 11.3. The van der Waals surface area contributed by atoms with E-state index in [0.717, 1.165) is 27.3 Å². The predicted molar refractivity (Wildman–Crippen MR) is 145 cm³/mol. The van der Waals surface area contributed by atoms with E-state index in [1.54, 1.807) is 28.3 Å². The third-order valence-electron chi connectivity index (χ3n) is 5.91. The number of amides is 1. The van der Waals surface area contributed by atoms with Crippen molar-refractivity contribution in [1.82, 2.24) is 19.2 Å². The number of fused-ring (bicyclic) bond motifs is 1. The second-order valence-corrected chi connectivity index (χ2v) is 9.68. The van der Waals surface area contributed by atoms with Gasteiger partial charge in [-0.05, 0) is 31.2 Å². The standard InChI is InChI=1S/C28H20ClN5OS/c1-18-6-8-20(9-7-18)26-22(16-34(32-26)25-5-3-2-4-23(25)29)27(35)30-21-12-10-19(11-13-21)24-17-33-14-15-36-28(33)31-24/h2-17H,1H3,(H,30,35). The number of nitrogens with zero attached hydrogens (tertiary/aromatic N) is 4. The number of benzene rings is 3. The molecule has 36 heavy (non-hydrogen) atoms. The summed E-state index contributed by atoms with van der Waals surface area (Å²) in [6, 6.07) is 23.0. The molecular weight excluding hydrogens is 490 g/mol. The van der Waals surface area contributed by atoms with Gasteiger partial charge in [-0.15, -0.1) is 11.3 Å². The molecule has 0 aliphatic carbocycles. The number of anilines is 1. The van der Waals surface area contributed by atoms with E-state index < -0.39 is 0 Å². The van der Waals surface area contributed by atoms with Crippen molar-refractivity contribution in [2.45, 2.75) is 6.92 Å². The molecule has 0 spiro atoms. The molecule has 6 nitrogen and oxygen atoms in total. The Morgan fingerprint density at radius 1 is 0.944 bits per heavy atom. The van der Waals surface area contributed by atoms with Gasteiger partial charge in [0.25, 0.3) is 5.91 Å². The first-order chi connectivity index (χ1) is 17.5. The average molecular weight is 510 g/mol. The Morgan fingerprint density at radius 2 is 1.69 bits per heavy atom. The number of aryl methyl sites for hydroxylation is 1. The maximum atomic E-state index is 13.4. The van der Waals surface area contributed by atoms with Gasteiger partial charge in [-0.2, -0.15) is 5.10 Å². The zero-order valence-electron chi connectivity index (χ0n) is 19.2. The maximum Gasteiger partial charge on any atom is 0.259 e. The Bertz CT molecular complexity index is 1670. The lowest BCUT2D eigenvalue weighted by Gasteiger charge is -2.06. The minimum absolute atomic E-state index is 0.251. The highest BCUT2D eigenvalue weighted by Gasteiger charge is 2.20. The molecule has 8 heteroatoms. The fraction of sp³-hybridized carbons (Fsp3) is 0.0357. The number of aromatic nitrogens is 4. The molecule has 0 aliphatic rings. The lowest BCUT2D eigenvalue weighted by atomic mass is 10.1. The van der Waals surface area contributed by atoms with Gasteiger partial charge in [0.2, 0.25) is 0 Å². The first kappa shape index (κ1) is 22.3. The molecule has 0 fully saturated rings. The molecule has 0 aliphatic heterocycles. The summed E-state index contributed by atoms with van der Waals surface area (Å²) in [7, 11) is 0. The Hall–Kier alpha value is -4.20. The number of hydrogen-bond donors (Lipinski definition) is 1. The van der Waals surface area contributed by atoms with Crippen LogP contribution < -0.4 is 5.32 Å². The van der Waals surface area contributed by atoms with Crippen molar-refractivity contribution in [2.75, 3.05) is 5.32 Å². The van der Waals surface area contributed by atoms with Gasteiger partial charge in [-0.25, -0.2) is 9.67 Å². The van der Waals surface area contributed by atoms with Crippen LogP contribution >= 0.6 is 22.9 Å². The van der Waals surface area contributed by atoms with Gasteiger partial charge in [-0.1, -0.05) is 65.7 Å². The van der Waals surface area contributed by atoms with Crippen LogP contribution in [0.25, 0.3) is 33.2 Å². The number of carbonyl (C=O) groups is 1. The number of carbonyl (C=O) groups excluding carboxylic acids is 1. The molecule has 6 aromatic rings. The topological polar surface area (TPSA) is 64.2 Å². The quantitative estimate of drug-likeness (QED) is 0.269. The lowest BCUT2D eigenvalue weighted by molar-refractivity contribution is 0.102. The number of thiazole rings is 1. The number of rotatable bonds is 5. The third-order valence-corrected chi connectivity index (χ3v) is 7.01. The molecule has 3 aromatic carbocycles. The summed E-state index contributed by atoms with van der Waals surface area (Å²) in [6.45, 7) is 2.02. The highest BCUT2D eigenvalue weighted by atomic mass is 35.5. The summed E-state index contributed by atoms with van der Waals surface area (Å²) in [4.78, 5) is 19.0. The molecule has 3 heterocycles. The van der Waals surface area contributed by atoms with E-state index in [9.17, 15) is 4.79 Å². The lowest BCUT2D eigenvalue weighted by Crippen LogP contribution is -2.12. The molecule has 1 amide bonds. The van der Waals surface area contributed by atoms with E-state index in [2.05, 4.69) is 10.3 Å². The number of para-hydroxylation sites is 1. The summed E-state index contributed by atoms with van der Waals surface area (Å²) in [5.74, 6) is -0.251. The SMILES string of the molecule is Cc1ccc(-c2nn(-c3ccccc3Cl)cc2C(=O)Nc2ccc(-c3cn4ccsc4n3)cc2)cc1. The molecule has 0 radical (unpaired) electrons. The molecular formula is C28H20ClN5OS. The number of hydrogen-bond acceptors (Lipinski definition) is 4. The smallest absolute Gasteiger partial charge is 0.259 e. The van der Waals surface area contributed by atoms with Crippen LogP contribution in [0.1, 0.15) is 15.9 Å².